The molecule has 3 atom stereocenters. The molecule has 0 radical (unpaired) electrons. The fourth-order valence-corrected chi connectivity index (χ4v) is 2.87. The van der Waals surface area contributed by atoms with Gasteiger partial charge in [0.15, 0.2) is 0 Å². The number of hydrogen-bond donors (Lipinski definition) is 1. The van der Waals surface area contributed by atoms with Crippen LogP contribution in [0.1, 0.15) is 33.6 Å². The summed E-state index contributed by atoms with van der Waals surface area (Å²) in [6.07, 6.45) is 2.59. The van der Waals surface area contributed by atoms with E-state index in [1.165, 1.54) is 25.9 Å². The maximum atomic E-state index is 5.45. The molecule has 3 nitrogen and oxygen atoms in total. The summed E-state index contributed by atoms with van der Waals surface area (Å²) < 4.78 is 5.45. The number of hydrogen-bond acceptors (Lipinski definition) is 3. The molecule has 0 bridgehead atoms. The number of piperazine rings is 1. The van der Waals surface area contributed by atoms with Crippen molar-refractivity contribution in [2.75, 3.05) is 32.8 Å². The van der Waals surface area contributed by atoms with E-state index in [1.807, 2.05) is 0 Å². The van der Waals surface area contributed by atoms with Crippen molar-refractivity contribution >= 4 is 0 Å². The van der Waals surface area contributed by atoms with Crippen molar-refractivity contribution in [1.29, 1.82) is 0 Å². The Hall–Kier alpha value is -0.120. The summed E-state index contributed by atoms with van der Waals surface area (Å²) in [4.78, 5) is 2.67. The highest BCUT2D eigenvalue weighted by molar-refractivity contribution is 4.85. The van der Waals surface area contributed by atoms with Crippen LogP contribution in [-0.2, 0) is 4.74 Å². The van der Waals surface area contributed by atoms with E-state index in [2.05, 4.69) is 31.0 Å². The van der Waals surface area contributed by atoms with Gasteiger partial charge in [0.2, 0.25) is 0 Å². The first kappa shape index (κ1) is 13.3. The van der Waals surface area contributed by atoms with Gasteiger partial charge in [-0.25, -0.2) is 0 Å². The lowest BCUT2D eigenvalue weighted by Crippen LogP contribution is -2.57. The van der Waals surface area contributed by atoms with E-state index in [4.69, 9.17) is 4.74 Å². The highest BCUT2D eigenvalue weighted by Gasteiger charge is 2.27. The van der Waals surface area contributed by atoms with Crippen molar-refractivity contribution in [1.82, 2.24) is 10.2 Å². The summed E-state index contributed by atoms with van der Waals surface area (Å²) >= 11 is 0. The predicted molar refractivity (Wildman–Crippen MR) is 71.2 cm³/mol. The average Bonchev–Trinajstić information content (AvgIpc) is 2.80. The van der Waals surface area contributed by atoms with Crippen LogP contribution in [0.25, 0.3) is 0 Å². The smallest absolute Gasteiger partial charge is 0.0495 e. The molecule has 3 heteroatoms. The van der Waals surface area contributed by atoms with Crippen LogP contribution < -0.4 is 5.32 Å². The zero-order valence-electron chi connectivity index (χ0n) is 11.6. The van der Waals surface area contributed by atoms with Gasteiger partial charge < -0.3 is 10.1 Å². The molecule has 1 N–H and O–H groups in total. The van der Waals surface area contributed by atoms with E-state index in [1.54, 1.807) is 0 Å². The second-order valence-electron chi connectivity index (χ2n) is 6.12. The molecule has 0 aromatic heterocycles. The Morgan fingerprint density at radius 3 is 2.88 bits per heavy atom. The van der Waals surface area contributed by atoms with Crippen LogP contribution >= 0.6 is 0 Å². The van der Waals surface area contributed by atoms with Gasteiger partial charge in [-0.2, -0.15) is 0 Å². The minimum atomic E-state index is 0.672. The minimum Gasteiger partial charge on any atom is -0.381 e. The summed E-state index contributed by atoms with van der Waals surface area (Å²) in [5.41, 5.74) is 0. The standard InChI is InChI=1S/C14H28N2O/c1-11(2)14-9-16(12(3)8-15-14)6-4-13-5-7-17-10-13/h11-15H,4-10H2,1-3H3. The molecule has 0 aromatic rings. The van der Waals surface area contributed by atoms with Gasteiger partial charge in [-0.05, 0) is 38.1 Å². The average molecular weight is 240 g/mol. The van der Waals surface area contributed by atoms with Crippen LogP contribution in [0.2, 0.25) is 0 Å². The van der Waals surface area contributed by atoms with E-state index in [-0.39, 0.29) is 0 Å². The van der Waals surface area contributed by atoms with Crippen molar-refractivity contribution in [3.05, 3.63) is 0 Å². The van der Waals surface area contributed by atoms with Gasteiger partial charge >= 0.3 is 0 Å². The maximum absolute atomic E-state index is 5.45. The Kier molecular flexibility index (Phi) is 4.83. The Morgan fingerprint density at radius 2 is 2.24 bits per heavy atom. The van der Waals surface area contributed by atoms with Crippen LogP contribution in [0.5, 0.6) is 0 Å². The largest absolute Gasteiger partial charge is 0.381 e. The molecule has 2 aliphatic rings. The summed E-state index contributed by atoms with van der Waals surface area (Å²) in [6.45, 7) is 12.6. The molecule has 2 fully saturated rings. The fourth-order valence-electron chi connectivity index (χ4n) is 2.87. The molecule has 0 aliphatic carbocycles. The fraction of sp³-hybridized carbons (Fsp3) is 1.00. The SMILES string of the molecule is CC(C)C1CN(CCC2CCOC2)C(C)CN1. The van der Waals surface area contributed by atoms with Crippen LogP contribution in [0, 0.1) is 11.8 Å². The zero-order chi connectivity index (χ0) is 12.3. The Bertz CT molecular complexity index is 226. The summed E-state index contributed by atoms with van der Waals surface area (Å²) in [5, 5.41) is 3.66. The lowest BCUT2D eigenvalue weighted by Gasteiger charge is -2.40. The van der Waals surface area contributed by atoms with E-state index >= 15 is 0 Å². The summed E-state index contributed by atoms with van der Waals surface area (Å²) in [5.74, 6) is 1.55. The van der Waals surface area contributed by atoms with E-state index in [0.717, 1.165) is 31.6 Å². The lowest BCUT2D eigenvalue weighted by atomic mass is 9.98. The molecular weight excluding hydrogens is 212 g/mol. The van der Waals surface area contributed by atoms with Gasteiger partial charge in [-0.15, -0.1) is 0 Å². The Morgan fingerprint density at radius 1 is 1.41 bits per heavy atom. The van der Waals surface area contributed by atoms with E-state index < -0.39 is 0 Å². The lowest BCUT2D eigenvalue weighted by molar-refractivity contribution is 0.113. The second kappa shape index (κ2) is 6.17. The van der Waals surface area contributed by atoms with Gasteiger partial charge in [-0.3, -0.25) is 4.90 Å². The molecule has 17 heavy (non-hydrogen) atoms. The van der Waals surface area contributed by atoms with E-state index in [9.17, 15) is 0 Å². The first-order valence-electron chi connectivity index (χ1n) is 7.22. The first-order chi connectivity index (χ1) is 8.16. The molecule has 2 rings (SSSR count). The summed E-state index contributed by atoms with van der Waals surface area (Å²) in [6, 6.07) is 1.36. The van der Waals surface area contributed by atoms with Crippen LogP contribution in [0.15, 0.2) is 0 Å². The van der Waals surface area contributed by atoms with Gasteiger partial charge in [0.05, 0.1) is 0 Å². The quantitative estimate of drug-likeness (QED) is 0.810. The first-order valence-corrected chi connectivity index (χ1v) is 7.22. The van der Waals surface area contributed by atoms with Crippen molar-refractivity contribution in [2.24, 2.45) is 11.8 Å². The minimum absolute atomic E-state index is 0.672. The third kappa shape index (κ3) is 3.67. The van der Waals surface area contributed by atoms with Crippen molar-refractivity contribution in [3.8, 4) is 0 Å². The van der Waals surface area contributed by atoms with Crippen molar-refractivity contribution in [2.45, 2.75) is 45.7 Å². The normalized spacial score (nSPS) is 35.6. The molecule has 2 heterocycles. The molecule has 0 amide bonds. The molecule has 2 aliphatic heterocycles. The van der Waals surface area contributed by atoms with Crippen molar-refractivity contribution in [3.63, 3.8) is 0 Å². The van der Waals surface area contributed by atoms with Crippen molar-refractivity contribution < 1.29 is 4.74 Å². The van der Waals surface area contributed by atoms with Gasteiger partial charge in [0.25, 0.3) is 0 Å². The summed E-state index contributed by atoms with van der Waals surface area (Å²) in [7, 11) is 0. The number of nitrogens with zero attached hydrogens (tertiary/aromatic N) is 1. The van der Waals surface area contributed by atoms with Crippen LogP contribution in [0.3, 0.4) is 0 Å². The zero-order valence-corrected chi connectivity index (χ0v) is 11.6. The molecular formula is C14H28N2O. The Labute approximate surface area is 106 Å². The second-order valence-corrected chi connectivity index (χ2v) is 6.12. The maximum Gasteiger partial charge on any atom is 0.0495 e. The molecule has 2 saturated heterocycles. The van der Waals surface area contributed by atoms with Gasteiger partial charge in [-0.1, -0.05) is 13.8 Å². The van der Waals surface area contributed by atoms with Crippen LogP contribution in [-0.4, -0.2) is 49.8 Å². The molecule has 0 saturated carbocycles. The number of nitrogens with one attached hydrogen (secondary N) is 1. The topological polar surface area (TPSA) is 24.5 Å². The van der Waals surface area contributed by atoms with Crippen LogP contribution in [0.4, 0.5) is 0 Å². The molecule has 0 spiro atoms. The number of ether oxygens (including phenoxy) is 1. The van der Waals surface area contributed by atoms with Gasteiger partial charge in [0.1, 0.15) is 0 Å². The third-order valence-electron chi connectivity index (χ3n) is 4.38. The molecule has 100 valence electrons. The van der Waals surface area contributed by atoms with E-state index in [0.29, 0.717) is 12.1 Å². The Balaban J connectivity index is 1.76. The molecule has 0 aromatic carbocycles. The third-order valence-corrected chi connectivity index (χ3v) is 4.38. The highest BCUT2D eigenvalue weighted by Crippen LogP contribution is 2.19. The highest BCUT2D eigenvalue weighted by atomic mass is 16.5. The number of rotatable bonds is 4. The molecule has 3 unspecified atom stereocenters. The monoisotopic (exact) mass is 240 g/mol. The van der Waals surface area contributed by atoms with Gasteiger partial charge in [0, 0.05) is 38.4 Å². The predicted octanol–water partition coefficient (Wildman–Crippen LogP) is 1.73.